The third kappa shape index (κ3) is 3.75. The minimum absolute atomic E-state index is 0.562. The van der Waals surface area contributed by atoms with Crippen molar-refractivity contribution in [3.63, 3.8) is 0 Å². The lowest BCUT2D eigenvalue weighted by Gasteiger charge is -2.16. The van der Waals surface area contributed by atoms with Gasteiger partial charge in [-0.3, -0.25) is 14.9 Å². The summed E-state index contributed by atoms with van der Waals surface area (Å²) >= 11 is 1.57. The predicted molar refractivity (Wildman–Crippen MR) is 126 cm³/mol. The van der Waals surface area contributed by atoms with E-state index in [1.807, 2.05) is 52.9 Å². The molecule has 0 amide bonds. The number of aryl methyl sites for hydroxylation is 1. The summed E-state index contributed by atoms with van der Waals surface area (Å²) in [5.41, 5.74) is 7.15. The summed E-state index contributed by atoms with van der Waals surface area (Å²) < 4.78 is 1.83. The molecule has 0 saturated heterocycles. The summed E-state index contributed by atoms with van der Waals surface area (Å²) in [5, 5.41) is 18.9. The maximum Gasteiger partial charge on any atom is 0.167 e. The van der Waals surface area contributed by atoms with Crippen molar-refractivity contribution in [2.45, 2.75) is 19.3 Å². The van der Waals surface area contributed by atoms with Crippen LogP contribution in [0.2, 0.25) is 0 Å². The Labute approximate surface area is 188 Å². The van der Waals surface area contributed by atoms with Crippen molar-refractivity contribution in [2.24, 2.45) is 12.1 Å². The Bertz CT molecular complexity index is 1430. The SMILES string of the molecule is CN(CC1=c2cn[nH]c2=CCC1)/N=C\c1c(C=O)n(C)c2nc(Cc3cscn3)ccc12. The average molecular weight is 446 g/mol. The Balaban J connectivity index is 1.44. The Morgan fingerprint density at radius 2 is 2.25 bits per heavy atom. The van der Waals surface area contributed by atoms with Gasteiger partial charge >= 0.3 is 0 Å². The van der Waals surface area contributed by atoms with Gasteiger partial charge in [-0.05, 0) is 30.5 Å². The normalized spacial score (nSPS) is 13.5. The topological polar surface area (TPSA) is 92.1 Å². The average Bonchev–Trinajstić information content (AvgIpc) is 3.53. The number of H-pyrrole nitrogens is 1. The first-order chi connectivity index (χ1) is 15.6. The van der Waals surface area contributed by atoms with E-state index in [2.05, 4.69) is 26.4 Å². The van der Waals surface area contributed by atoms with Gasteiger partial charge in [-0.15, -0.1) is 11.3 Å². The van der Waals surface area contributed by atoms with Crippen molar-refractivity contribution in [3.8, 4) is 0 Å². The maximum absolute atomic E-state index is 11.9. The number of hydrogen-bond acceptors (Lipinski definition) is 7. The molecule has 9 heteroatoms. The molecular weight excluding hydrogens is 422 g/mol. The van der Waals surface area contributed by atoms with E-state index in [9.17, 15) is 4.79 Å². The lowest BCUT2D eigenvalue weighted by Crippen LogP contribution is -2.31. The largest absolute Gasteiger partial charge is 0.326 e. The summed E-state index contributed by atoms with van der Waals surface area (Å²) in [7, 11) is 3.80. The number of aldehydes is 1. The molecule has 1 aliphatic rings. The van der Waals surface area contributed by atoms with Crippen molar-refractivity contribution < 1.29 is 4.79 Å². The lowest BCUT2D eigenvalue weighted by atomic mass is 10.0. The second kappa shape index (κ2) is 8.51. The first-order valence-electron chi connectivity index (χ1n) is 10.4. The van der Waals surface area contributed by atoms with Crippen LogP contribution in [0.25, 0.3) is 22.7 Å². The zero-order chi connectivity index (χ0) is 22.1. The lowest BCUT2D eigenvalue weighted by molar-refractivity contribution is 0.111. The highest BCUT2D eigenvalue weighted by molar-refractivity contribution is 7.07. The van der Waals surface area contributed by atoms with Gasteiger partial charge in [0.1, 0.15) is 5.65 Å². The second-order valence-electron chi connectivity index (χ2n) is 7.91. The first-order valence-corrected chi connectivity index (χ1v) is 11.4. The monoisotopic (exact) mass is 445 g/mol. The summed E-state index contributed by atoms with van der Waals surface area (Å²) in [6.07, 6.45) is 9.34. The van der Waals surface area contributed by atoms with E-state index in [0.717, 1.165) is 57.7 Å². The number of fused-ring (bicyclic) bond motifs is 2. The van der Waals surface area contributed by atoms with Gasteiger partial charge in [-0.25, -0.2) is 9.97 Å². The predicted octanol–water partition coefficient (Wildman–Crippen LogP) is 1.85. The van der Waals surface area contributed by atoms with Gasteiger partial charge in [0.25, 0.3) is 0 Å². The van der Waals surface area contributed by atoms with Crippen LogP contribution in [0.1, 0.15) is 40.3 Å². The van der Waals surface area contributed by atoms with E-state index in [1.165, 1.54) is 5.57 Å². The molecule has 0 radical (unpaired) electrons. The minimum Gasteiger partial charge on any atom is -0.326 e. The van der Waals surface area contributed by atoms with Crippen molar-refractivity contribution in [1.82, 2.24) is 29.7 Å². The summed E-state index contributed by atoms with van der Waals surface area (Å²) in [6, 6.07) is 4.01. The van der Waals surface area contributed by atoms with E-state index in [0.29, 0.717) is 18.7 Å². The van der Waals surface area contributed by atoms with E-state index in [1.54, 1.807) is 17.6 Å². The molecule has 0 atom stereocenters. The third-order valence-corrected chi connectivity index (χ3v) is 6.42. The van der Waals surface area contributed by atoms with E-state index in [-0.39, 0.29) is 0 Å². The second-order valence-corrected chi connectivity index (χ2v) is 8.63. The van der Waals surface area contributed by atoms with Crippen LogP contribution in [0.3, 0.4) is 0 Å². The van der Waals surface area contributed by atoms with Crippen LogP contribution in [0, 0.1) is 0 Å². The van der Waals surface area contributed by atoms with Crippen LogP contribution in [0.5, 0.6) is 0 Å². The number of pyridine rings is 1. The molecule has 4 aromatic rings. The molecule has 32 heavy (non-hydrogen) atoms. The van der Waals surface area contributed by atoms with Gasteiger partial charge in [-0.2, -0.15) is 10.2 Å². The molecule has 0 unspecified atom stereocenters. The molecule has 0 saturated carbocycles. The Morgan fingerprint density at radius 1 is 1.34 bits per heavy atom. The summed E-state index contributed by atoms with van der Waals surface area (Å²) in [6.45, 7) is 0.702. The van der Waals surface area contributed by atoms with Gasteiger partial charge in [0, 0.05) is 47.8 Å². The number of rotatable bonds is 7. The van der Waals surface area contributed by atoms with Crippen LogP contribution in [-0.4, -0.2) is 55.8 Å². The number of thiazole rings is 1. The number of hydrogen-bond donors (Lipinski definition) is 1. The number of carbonyl (C=O) groups is 1. The molecule has 1 aliphatic carbocycles. The van der Waals surface area contributed by atoms with E-state index in [4.69, 9.17) is 4.98 Å². The molecule has 0 bridgehead atoms. The number of nitrogens with one attached hydrogen (secondary N) is 1. The molecule has 8 nitrogen and oxygen atoms in total. The smallest absolute Gasteiger partial charge is 0.167 e. The zero-order valence-corrected chi connectivity index (χ0v) is 18.8. The fraction of sp³-hybridized carbons (Fsp3) is 0.261. The van der Waals surface area contributed by atoms with Gasteiger partial charge in [0.2, 0.25) is 0 Å². The number of carbonyl (C=O) groups excluding carboxylic acids is 1. The van der Waals surface area contributed by atoms with Crippen LogP contribution in [-0.2, 0) is 13.5 Å². The van der Waals surface area contributed by atoms with Crippen molar-refractivity contribution in [1.29, 1.82) is 0 Å². The van der Waals surface area contributed by atoms with Gasteiger partial charge < -0.3 is 4.57 Å². The van der Waals surface area contributed by atoms with Crippen LogP contribution in [0.4, 0.5) is 0 Å². The fourth-order valence-corrected chi connectivity index (χ4v) is 4.73. The Hall–Kier alpha value is -3.59. The summed E-state index contributed by atoms with van der Waals surface area (Å²) in [5.74, 6) is 0. The molecule has 0 aromatic carbocycles. The molecular formula is C23H23N7OS. The number of aromatic amines is 1. The fourth-order valence-electron chi connectivity index (χ4n) is 4.17. The zero-order valence-electron chi connectivity index (χ0n) is 17.9. The van der Waals surface area contributed by atoms with Gasteiger partial charge in [0.15, 0.2) is 6.29 Å². The quantitative estimate of drug-likeness (QED) is 0.266. The first kappa shape index (κ1) is 20.3. The molecule has 0 spiro atoms. The van der Waals surface area contributed by atoms with Crippen molar-refractivity contribution >= 4 is 46.5 Å². The highest BCUT2D eigenvalue weighted by Gasteiger charge is 2.16. The van der Waals surface area contributed by atoms with Gasteiger partial charge in [-0.1, -0.05) is 6.08 Å². The minimum atomic E-state index is 0.562. The van der Waals surface area contributed by atoms with Crippen LogP contribution in [0.15, 0.2) is 34.3 Å². The van der Waals surface area contributed by atoms with E-state index < -0.39 is 0 Å². The number of hydrazone groups is 1. The molecule has 162 valence electrons. The highest BCUT2D eigenvalue weighted by atomic mass is 32.1. The van der Waals surface area contributed by atoms with Crippen molar-refractivity contribution in [2.75, 3.05) is 13.6 Å². The maximum atomic E-state index is 11.9. The highest BCUT2D eigenvalue weighted by Crippen LogP contribution is 2.23. The van der Waals surface area contributed by atoms with Gasteiger partial charge in [0.05, 0.1) is 41.2 Å². The summed E-state index contributed by atoms with van der Waals surface area (Å²) in [4.78, 5) is 21.0. The third-order valence-electron chi connectivity index (χ3n) is 5.78. The van der Waals surface area contributed by atoms with Crippen molar-refractivity contribution in [3.05, 3.63) is 62.4 Å². The molecule has 1 N–H and O–H groups in total. The molecule has 0 aliphatic heterocycles. The number of nitrogens with zero attached hydrogens (tertiary/aromatic N) is 6. The molecule has 0 fully saturated rings. The molecule has 5 rings (SSSR count). The number of aromatic nitrogens is 5. The Morgan fingerprint density at radius 3 is 3.06 bits per heavy atom. The van der Waals surface area contributed by atoms with E-state index >= 15 is 0 Å². The standard InChI is InChI=1S/C23H23N7OS/c1-29(11-15-4-3-5-21-19(15)9-25-28-21)26-10-20-18-7-6-16(8-17-13-32-14-24-17)27-23(18)30(2)22(20)12-31/h5-7,9-10,12-14,28H,3-4,8,11H2,1-2H3/b26-10-. The Kier molecular flexibility index (Phi) is 5.40. The molecule has 4 heterocycles. The van der Waals surface area contributed by atoms with Crippen LogP contribution < -0.4 is 10.6 Å². The molecule has 4 aromatic heterocycles. The van der Waals surface area contributed by atoms with Crippen LogP contribution >= 0.6 is 11.3 Å².